The maximum atomic E-state index is 12.8. The maximum Gasteiger partial charge on any atom is 0.223 e. The van der Waals surface area contributed by atoms with Gasteiger partial charge in [-0.05, 0) is 6.42 Å². The van der Waals surface area contributed by atoms with Gasteiger partial charge < -0.3 is 9.88 Å². The Hall–Kier alpha value is -2.27. The fraction of sp³-hybridized carbons (Fsp3) is 0.625. The molecule has 1 N–H and O–H groups in total. The second-order valence-electron chi connectivity index (χ2n) is 7.11. The van der Waals surface area contributed by atoms with Crippen LogP contribution in [-0.2, 0) is 27.7 Å². The van der Waals surface area contributed by atoms with Gasteiger partial charge in [-0.3, -0.25) is 14.4 Å². The Kier molecular flexibility index (Phi) is 4.96. The highest BCUT2D eigenvalue weighted by Crippen LogP contribution is 2.28. The van der Waals surface area contributed by atoms with E-state index < -0.39 is 9.84 Å². The Bertz CT molecular complexity index is 866. The summed E-state index contributed by atoms with van der Waals surface area (Å²) in [5.41, 5.74) is 0.950. The summed E-state index contributed by atoms with van der Waals surface area (Å²) in [6.07, 6.45) is 7.49. The van der Waals surface area contributed by atoms with Crippen molar-refractivity contribution in [1.29, 1.82) is 0 Å². The van der Waals surface area contributed by atoms with Crippen LogP contribution in [-0.4, -0.2) is 85.5 Å². The number of fused-ring (bicyclic) bond motifs is 1. The van der Waals surface area contributed by atoms with E-state index in [2.05, 4.69) is 25.0 Å². The van der Waals surface area contributed by atoms with Gasteiger partial charge in [-0.1, -0.05) is 0 Å². The molecule has 2 aliphatic rings. The van der Waals surface area contributed by atoms with Crippen LogP contribution in [0.1, 0.15) is 18.5 Å². The van der Waals surface area contributed by atoms with E-state index in [1.54, 1.807) is 28.4 Å². The normalized spacial score (nSPS) is 24.8. The molecule has 0 aromatic carbocycles. The van der Waals surface area contributed by atoms with Crippen molar-refractivity contribution >= 4 is 15.7 Å². The summed E-state index contributed by atoms with van der Waals surface area (Å²) in [6.45, 7) is 2.44. The van der Waals surface area contributed by atoms with Gasteiger partial charge in [-0.15, -0.1) is 0 Å². The zero-order valence-electron chi connectivity index (χ0n) is 14.9. The molecule has 0 unspecified atom stereocenters. The minimum Gasteiger partial charge on any atom is -0.347 e. The van der Waals surface area contributed by atoms with Crippen molar-refractivity contribution in [2.24, 2.45) is 0 Å². The van der Waals surface area contributed by atoms with Gasteiger partial charge in [0, 0.05) is 50.5 Å². The highest BCUT2D eigenvalue weighted by atomic mass is 32.2. The summed E-state index contributed by atoms with van der Waals surface area (Å²) in [5.74, 6) is 0.170. The first-order valence-electron chi connectivity index (χ1n) is 9.05. The van der Waals surface area contributed by atoms with Crippen LogP contribution in [0.3, 0.4) is 0 Å². The zero-order valence-corrected chi connectivity index (χ0v) is 15.8. The van der Waals surface area contributed by atoms with Crippen molar-refractivity contribution < 1.29 is 13.2 Å². The minimum absolute atomic E-state index is 0.0170. The largest absolute Gasteiger partial charge is 0.347 e. The summed E-state index contributed by atoms with van der Waals surface area (Å²) >= 11 is 0. The number of nitrogens with zero attached hydrogens (tertiary/aromatic N) is 6. The van der Waals surface area contributed by atoms with Crippen molar-refractivity contribution in [2.75, 3.05) is 24.6 Å². The first-order chi connectivity index (χ1) is 13.0. The number of rotatable bonds is 6. The van der Waals surface area contributed by atoms with Crippen LogP contribution in [0.4, 0.5) is 0 Å². The van der Waals surface area contributed by atoms with Crippen LogP contribution >= 0.6 is 0 Å². The number of amides is 1. The zero-order chi connectivity index (χ0) is 18.9. The highest BCUT2D eigenvalue weighted by Gasteiger charge is 2.47. The van der Waals surface area contributed by atoms with E-state index in [9.17, 15) is 13.2 Å². The summed E-state index contributed by atoms with van der Waals surface area (Å²) in [6, 6.07) is -0.433. The van der Waals surface area contributed by atoms with Gasteiger partial charge >= 0.3 is 0 Å². The Labute approximate surface area is 157 Å². The van der Waals surface area contributed by atoms with Crippen molar-refractivity contribution in [3.05, 3.63) is 30.9 Å². The average Bonchev–Trinajstić information content (AvgIpc) is 3.35. The van der Waals surface area contributed by atoms with Gasteiger partial charge in [0.15, 0.2) is 9.84 Å². The van der Waals surface area contributed by atoms with E-state index in [4.69, 9.17) is 0 Å². The molecular formula is C16H23N7O3S. The summed E-state index contributed by atoms with van der Waals surface area (Å²) in [4.78, 5) is 27.7. The van der Waals surface area contributed by atoms with Crippen LogP contribution in [0.25, 0.3) is 0 Å². The molecule has 4 heterocycles. The van der Waals surface area contributed by atoms with Crippen LogP contribution in [0.5, 0.6) is 0 Å². The molecule has 0 spiro atoms. The number of carbonyl (C=O) groups is 1. The second kappa shape index (κ2) is 7.39. The van der Waals surface area contributed by atoms with E-state index in [1.807, 2.05) is 0 Å². The number of nitrogens with one attached hydrogen (secondary N) is 1. The van der Waals surface area contributed by atoms with Gasteiger partial charge in [-0.2, -0.15) is 5.10 Å². The summed E-state index contributed by atoms with van der Waals surface area (Å²) in [5, 5.41) is 4.03. The topological polar surface area (TPSA) is 117 Å². The Morgan fingerprint density at radius 1 is 1.22 bits per heavy atom. The third-order valence-corrected chi connectivity index (χ3v) is 6.98. The highest BCUT2D eigenvalue weighted by molar-refractivity contribution is 7.91. The van der Waals surface area contributed by atoms with Gasteiger partial charge in [0.25, 0.3) is 0 Å². The first-order valence-corrected chi connectivity index (χ1v) is 10.9. The molecule has 0 saturated carbocycles. The lowest BCUT2D eigenvalue weighted by Crippen LogP contribution is -2.60. The number of H-pyrrole nitrogens is 1. The maximum absolute atomic E-state index is 12.8. The van der Waals surface area contributed by atoms with Gasteiger partial charge in [0.05, 0.1) is 23.9 Å². The van der Waals surface area contributed by atoms with E-state index >= 15 is 0 Å². The lowest BCUT2D eigenvalue weighted by Gasteiger charge is -2.43. The average molecular weight is 393 g/mol. The summed E-state index contributed by atoms with van der Waals surface area (Å²) in [7, 11) is -3.15. The molecule has 146 valence electrons. The van der Waals surface area contributed by atoms with E-state index in [1.165, 1.54) is 6.33 Å². The third kappa shape index (κ3) is 4.03. The quantitative estimate of drug-likeness (QED) is 0.689. The SMILES string of the molecule is O=C(CCCn1cncn1)N1CCN(Cc2cnc[nH]2)[C@@H]2CS(=O)(=O)C[C@@H]21. The number of hydrogen-bond acceptors (Lipinski definition) is 7. The van der Waals surface area contributed by atoms with Crippen molar-refractivity contribution in [3.8, 4) is 0 Å². The molecule has 27 heavy (non-hydrogen) atoms. The third-order valence-electron chi connectivity index (χ3n) is 5.28. The molecule has 2 saturated heterocycles. The standard InChI is InChI=1S/C16H23N7O3S/c24-16(2-1-3-22-12-18-11-20-22)23-5-4-21(7-13-6-17-10-19-13)14-8-27(25,26)9-15(14)23/h6,10-12,14-15H,1-5,7-9H2,(H,17,19)/t14-,15+/m1/s1. The number of aryl methyl sites for hydroxylation is 1. The number of hydrogen-bond donors (Lipinski definition) is 1. The lowest BCUT2D eigenvalue weighted by molar-refractivity contribution is -0.137. The number of aromatic amines is 1. The first kappa shape index (κ1) is 18.1. The monoisotopic (exact) mass is 393 g/mol. The fourth-order valence-electron chi connectivity index (χ4n) is 4.00. The molecule has 10 nitrogen and oxygen atoms in total. The van der Waals surface area contributed by atoms with Crippen LogP contribution < -0.4 is 0 Å². The molecule has 2 aromatic rings. The van der Waals surface area contributed by atoms with E-state index in [0.717, 1.165) is 5.69 Å². The fourth-order valence-corrected chi connectivity index (χ4v) is 6.02. The van der Waals surface area contributed by atoms with Crippen LogP contribution in [0, 0.1) is 0 Å². The number of imidazole rings is 1. The molecule has 2 atom stereocenters. The molecule has 2 aromatic heterocycles. The Balaban J connectivity index is 1.41. The molecule has 0 aliphatic carbocycles. The Morgan fingerprint density at radius 2 is 2.07 bits per heavy atom. The predicted molar refractivity (Wildman–Crippen MR) is 96.2 cm³/mol. The minimum atomic E-state index is -3.15. The van der Waals surface area contributed by atoms with E-state index in [0.29, 0.717) is 39.0 Å². The molecule has 2 aliphatic heterocycles. The molecule has 4 rings (SSSR count). The van der Waals surface area contributed by atoms with Crippen molar-refractivity contribution in [1.82, 2.24) is 34.5 Å². The number of piperazine rings is 1. The van der Waals surface area contributed by atoms with Gasteiger partial charge in [-0.25, -0.2) is 18.4 Å². The number of sulfone groups is 1. The predicted octanol–water partition coefficient (Wildman–Crippen LogP) is -0.709. The van der Waals surface area contributed by atoms with Gasteiger partial charge in [0.1, 0.15) is 12.7 Å². The number of carbonyl (C=O) groups excluding carboxylic acids is 1. The second-order valence-corrected chi connectivity index (χ2v) is 9.26. The molecule has 0 bridgehead atoms. The van der Waals surface area contributed by atoms with Crippen LogP contribution in [0.15, 0.2) is 25.2 Å². The van der Waals surface area contributed by atoms with E-state index in [-0.39, 0.29) is 29.5 Å². The molecule has 2 fully saturated rings. The molecule has 11 heteroatoms. The number of aromatic nitrogens is 5. The molecular weight excluding hydrogens is 370 g/mol. The molecule has 1 amide bonds. The summed E-state index contributed by atoms with van der Waals surface area (Å²) < 4.78 is 26.3. The van der Waals surface area contributed by atoms with Crippen molar-refractivity contribution in [3.63, 3.8) is 0 Å². The Morgan fingerprint density at radius 3 is 2.81 bits per heavy atom. The van der Waals surface area contributed by atoms with Crippen molar-refractivity contribution in [2.45, 2.75) is 38.0 Å². The lowest BCUT2D eigenvalue weighted by atomic mass is 10.0. The van der Waals surface area contributed by atoms with Crippen LogP contribution in [0.2, 0.25) is 0 Å². The molecule has 0 radical (unpaired) electrons. The smallest absolute Gasteiger partial charge is 0.223 e. The van der Waals surface area contributed by atoms with Gasteiger partial charge in [0.2, 0.25) is 5.91 Å².